The molecule has 0 aliphatic heterocycles. The molecule has 0 saturated heterocycles. The average molecular weight is 389 g/mol. The van der Waals surface area contributed by atoms with Crippen LogP contribution in [0.25, 0.3) is 0 Å². The maximum Gasteiger partial charge on any atom is 0.321 e. The first-order chi connectivity index (χ1) is 12.8. The van der Waals surface area contributed by atoms with Crippen LogP contribution >= 0.6 is 0 Å². The highest BCUT2D eigenvalue weighted by atomic mass is 16.4. The van der Waals surface area contributed by atoms with Gasteiger partial charge in [-0.05, 0) is 38.5 Å². The molecule has 0 rings (SSSR count). The first-order valence-electron chi connectivity index (χ1n) is 10.6. The zero-order chi connectivity index (χ0) is 20.7. The monoisotopic (exact) mass is 388 g/mol. The molecule has 6 heteroatoms. The second kappa shape index (κ2) is 14.9. The van der Waals surface area contributed by atoms with Crippen molar-refractivity contribution < 1.29 is 30.0 Å². The fourth-order valence-electron chi connectivity index (χ4n) is 3.43. The summed E-state index contributed by atoms with van der Waals surface area (Å²) < 4.78 is 0. The summed E-state index contributed by atoms with van der Waals surface area (Å²) in [4.78, 5) is 23.4. The van der Waals surface area contributed by atoms with E-state index >= 15 is 0 Å². The molecule has 0 radical (unpaired) electrons. The predicted molar refractivity (Wildman–Crippen MR) is 106 cm³/mol. The lowest BCUT2D eigenvalue weighted by Crippen LogP contribution is -2.39. The van der Waals surface area contributed by atoms with Gasteiger partial charge in [-0.2, -0.15) is 0 Å². The number of hydrogen-bond donors (Lipinski definition) is 4. The molecule has 6 nitrogen and oxygen atoms in total. The third-order valence-corrected chi connectivity index (χ3v) is 5.38. The summed E-state index contributed by atoms with van der Waals surface area (Å²) in [5.74, 6) is -2.57. The zero-order valence-electron chi connectivity index (χ0n) is 17.2. The van der Waals surface area contributed by atoms with E-state index < -0.39 is 29.6 Å². The fraction of sp³-hybridized carbons (Fsp3) is 0.905. The van der Waals surface area contributed by atoms with Crippen molar-refractivity contribution in [3.8, 4) is 0 Å². The van der Waals surface area contributed by atoms with E-state index in [9.17, 15) is 30.0 Å². The Morgan fingerprint density at radius 1 is 0.667 bits per heavy atom. The molecule has 0 bridgehead atoms. The minimum Gasteiger partial charge on any atom is -0.480 e. The maximum atomic E-state index is 11.7. The van der Waals surface area contributed by atoms with Crippen LogP contribution in [0.3, 0.4) is 0 Å². The van der Waals surface area contributed by atoms with Crippen molar-refractivity contribution >= 4 is 11.9 Å². The number of carboxylic acid groups (broad SMARTS) is 2. The van der Waals surface area contributed by atoms with Gasteiger partial charge >= 0.3 is 11.9 Å². The number of carbonyl (C=O) groups is 2. The van der Waals surface area contributed by atoms with Gasteiger partial charge in [0.05, 0.1) is 12.2 Å². The minimum atomic E-state index is -1.76. The van der Waals surface area contributed by atoms with Crippen LogP contribution < -0.4 is 0 Å². The van der Waals surface area contributed by atoms with Crippen LogP contribution in [0.2, 0.25) is 0 Å². The van der Waals surface area contributed by atoms with Crippen LogP contribution in [0.1, 0.15) is 104 Å². The number of rotatable bonds is 18. The molecule has 0 aromatic carbocycles. The summed E-state index contributed by atoms with van der Waals surface area (Å²) in [5, 5.41) is 38.8. The van der Waals surface area contributed by atoms with E-state index in [4.69, 9.17) is 0 Å². The number of hydrogen-bond acceptors (Lipinski definition) is 4. The van der Waals surface area contributed by atoms with E-state index in [0.717, 1.165) is 38.5 Å². The topological polar surface area (TPSA) is 115 Å². The molecule has 0 spiro atoms. The lowest BCUT2D eigenvalue weighted by atomic mass is 9.77. The zero-order valence-corrected chi connectivity index (χ0v) is 17.2. The molecule has 27 heavy (non-hydrogen) atoms. The van der Waals surface area contributed by atoms with Crippen molar-refractivity contribution in [3.63, 3.8) is 0 Å². The van der Waals surface area contributed by atoms with Crippen LogP contribution in [0.5, 0.6) is 0 Å². The molecule has 0 heterocycles. The van der Waals surface area contributed by atoms with Crippen LogP contribution in [0.15, 0.2) is 0 Å². The summed E-state index contributed by atoms with van der Waals surface area (Å²) in [7, 11) is 0. The van der Waals surface area contributed by atoms with E-state index in [-0.39, 0.29) is 12.8 Å². The number of aliphatic carboxylic acids is 2. The number of aliphatic hydroxyl groups excluding tert-OH is 2. The van der Waals surface area contributed by atoms with Gasteiger partial charge in [0.25, 0.3) is 0 Å². The Balaban J connectivity index is 4.44. The molecule has 0 fully saturated rings. The standard InChI is InChI=1S/C21H40O6/c1-3-5-11-17(22)13-7-9-15-21(19(24)25,20(26)27)16-10-8-14-18(23)12-6-4-2/h17-18,22-23H,3-16H2,1-2H3,(H,24,25)(H,26,27). The third-order valence-electron chi connectivity index (χ3n) is 5.38. The second-order valence-electron chi connectivity index (χ2n) is 7.78. The predicted octanol–water partition coefficient (Wildman–Crippen LogP) is 4.37. The molecule has 0 amide bonds. The molecule has 0 saturated carbocycles. The molecule has 2 unspecified atom stereocenters. The summed E-state index contributed by atoms with van der Waals surface area (Å²) in [5.41, 5.74) is -1.76. The van der Waals surface area contributed by atoms with Gasteiger partial charge in [0.15, 0.2) is 5.41 Å². The number of carboxylic acids is 2. The number of aliphatic hydroxyl groups is 2. The van der Waals surface area contributed by atoms with Crippen molar-refractivity contribution in [1.82, 2.24) is 0 Å². The Labute approximate surface area is 164 Å². The van der Waals surface area contributed by atoms with Gasteiger partial charge in [0, 0.05) is 0 Å². The summed E-state index contributed by atoms with van der Waals surface area (Å²) in [6.45, 7) is 4.12. The van der Waals surface area contributed by atoms with Gasteiger partial charge in [-0.15, -0.1) is 0 Å². The molecular weight excluding hydrogens is 348 g/mol. The van der Waals surface area contributed by atoms with Crippen LogP contribution in [0, 0.1) is 5.41 Å². The molecular formula is C21H40O6. The molecule has 160 valence electrons. The van der Waals surface area contributed by atoms with E-state index in [2.05, 4.69) is 13.8 Å². The van der Waals surface area contributed by atoms with Crippen molar-refractivity contribution in [1.29, 1.82) is 0 Å². The van der Waals surface area contributed by atoms with E-state index in [1.165, 1.54) is 0 Å². The van der Waals surface area contributed by atoms with Crippen LogP contribution in [-0.4, -0.2) is 44.6 Å². The summed E-state index contributed by atoms with van der Waals surface area (Å²) in [6, 6.07) is 0. The van der Waals surface area contributed by atoms with Crippen LogP contribution in [0.4, 0.5) is 0 Å². The van der Waals surface area contributed by atoms with Gasteiger partial charge in [-0.1, -0.05) is 65.2 Å². The molecule has 0 aliphatic carbocycles. The Bertz CT molecular complexity index is 371. The van der Waals surface area contributed by atoms with E-state index in [1.54, 1.807) is 0 Å². The maximum absolute atomic E-state index is 11.7. The summed E-state index contributed by atoms with van der Waals surface area (Å²) >= 11 is 0. The average Bonchev–Trinajstić information content (AvgIpc) is 2.62. The van der Waals surface area contributed by atoms with Gasteiger partial charge in [-0.25, -0.2) is 0 Å². The molecule has 4 N–H and O–H groups in total. The van der Waals surface area contributed by atoms with Crippen molar-refractivity contribution in [3.05, 3.63) is 0 Å². The lowest BCUT2D eigenvalue weighted by molar-refractivity contribution is -0.166. The molecule has 0 aromatic heterocycles. The van der Waals surface area contributed by atoms with Gasteiger partial charge < -0.3 is 20.4 Å². The van der Waals surface area contributed by atoms with Gasteiger partial charge in [-0.3, -0.25) is 9.59 Å². The van der Waals surface area contributed by atoms with Crippen molar-refractivity contribution in [2.24, 2.45) is 5.41 Å². The Kier molecular flexibility index (Phi) is 14.2. The molecule has 0 aliphatic rings. The van der Waals surface area contributed by atoms with Gasteiger partial charge in [0.1, 0.15) is 0 Å². The highest BCUT2D eigenvalue weighted by Crippen LogP contribution is 2.33. The SMILES string of the molecule is CCCCC(O)CCCCC(CCCCC(O)CCCC)(C(=O)O)C(=O)O. The smallest absolute Gasteiger partial charge is 0.321 e. The first kappa shape index (κ1) is 25.9. The van der Waals surface area contributed by atoms with Gasteiger partial charge in [0.2, 0.25) is 0 Å². The minimum absolute atomic E-state index is 0.0799. The van der Waals surface area contributed by atoms with Crippen LogP contribution in [-0.2, 0) is 9.59 Å². The summed E-state index contributed by atoms with van der Waals surface area (Å²) in [6.07, 6.45) is 8.17. The largest absolute Gasteiger partial charge is 0.480 e. The lowest BCUT2D eigenvalue weighted by Gasteiger charge is -2.25. The molecule has 0 aromatic rings. The third kappa shape index (κ3) is 10.7. The van der Waals surface area contributed by atoms with Crippen molar-refractivity contribution in [2.75, 3.05) is 0 Å². The highest BCUT2D eigenvalue weighted by Gasteiger charge is 2.45. The van der Waals surface area contributed by atoms with E-state index in [0.29, 0.717) is 38.5 Å². The van der Waals surface area contributed by atoms with E-state index in [1.807, 2.05) is 0 Å². The van der Waals surface area contributed by atoms with Crippen molar-refractivity contribution in [2.45, 2.75) is 116 Å². The first-order valence-corrected chi connectivity index (χ1v) is 10.6. The quantitative estimate of drug-likeness (QED) is 0.205. The Morgan fingerprint density at radius 3 is 1.30 bits per heavy atom. The second-order valence-corrected chi connectivity index (χ2v) is 7.78. The normalized spacial score (nSPS) is 14.1. The number of unbranched alkanes of at least 4 members (excludes halogenated alkanes) is 4. The molecule has 2 atom stereocenters. The fourth-order valence-corrected chi connectivity index (χ4v) is 3.43. The Hall–Kier alpha value is -1.14. The Morgan fingerprint density at radius 2 is 1.00 bits per heavy atom. The highest BCUT2D eigenvalue weighted by molar-refractivity contribution is 5.98.